The van der Waals surface area contributed by atoms with Crippen LogP contribution in [-0.4, -0.2) is 25.7 Å². The lowest BCUT2D eigenvalue weighted by molar-refractivity contribution is 0.102. The Morgan fingerprint density at radius 3 is 2.21 bits per heavy atom. The number of nitrogens with zero attached hydrogens (tertiary/aromatic N) is 4. The van der Waals surface area contributed by atoms with Gasteiger partial charge in [-0.2, -0.15) is 5.10 Å². The van der Waals surface area contributed by atoms with Crippen LogP contribution in [0.3, 0.4) is 0 Å². The van der Waals surface area contributed by atoms with E-state index in [1.807, 2.05) is 60.7 Å². The fourth-order valence-corrected chi connectivity index (χ4v) is 5.42. The Kier molecular flexibility index (Phi) is 8.63. The van der Waals surface area contributed by atoms with Gasteiger partial charge in [-0.25, -0.2) is 14.4 Å². The highest BCUT2D eigenvalue weighted by Crippen LogP contribution is 2.37. The number of hydrogen-bond donors (Lipinski definition) is 2. The number of carbonyl (C=O) groups is 1. The minimum atomic E-state index is -0.638. The number of halogens is 2. The number of pyridine rings is 2. The largest absolute Gasteiger partial charge is 0.454 e. The zero-order valence-electron chi connectivity index (χ0n) is 25.4. The van der Waals surface area contributed by atoms with Crippen molar-refractivity contribution in [1.29, 1.82) is 0 Å². The molecule has 0 radical (unpaired) electrons. The zero-order valence-corrected chi connectivity index (χ0v) is 26.1. The van der Waals surface area contributed by atoms with E-state index in [1.165, 1.54) is 36.7 Å². The topological polar surface area (TPSA) is 111 Å². The van der Waals surface area contributed by atoms with Crippen molar-refractivity contribution in [2.75, 3.05) is 10.6 Å². The molecule has 238 valence electrons. The van der Waals surface area contributed by atoms with Crippen molar-refractivity contribution in [1.82, 2.24) is 19.7 Å². The molecule has 0 aliphatic heterocycles. The number of anilines is 2. The van der Waals surface area contributed by atoms with Crippen molar-refractivity contribution in [3.8, 4) is 22.8 Å². The maximum absolute atomic E-state index is 13.5. The standard InChI is InChI=1S/C37H28ClFN6O3/c38-32-30(19-20-40-36(32)43-33(23-7-3-1-4-8-23)24-9-5-2-6-10-24)48-28-17-18-31(41-21-28)42-37(47)29-22-45(27-15-16-27)44-34(35(29)46)25-11-13-26(39)14-12-25/h1-14,17-22,27,33H,15-16H2,(H,40,43)(H,41,42,47). The molecule has 0 atom stereocenters. The molecule has 0 saturated heterocycles. The minimum Gasteiger partial charge on any atom is -0.454 e. The van der Waals surface area contributed by atoms with E-state index in [-0.39, 0.29) is 34.2 Å². The molecule has 0 unspecified atom stereocenters. The van der Waals surface area contributed by atoms with E-state index in [4.69, 9.17) is 16.3 Å². The Balaban J connectivity index is 1.08. The molecule has 1 aliphatic rings. The van der Waals surface area contributed by atoms with Gasteiger partial charge in [-0.3, -0.25) is 14.3 Å². The summed E-state index contributed by atoms with van der Waals surface area (Å²) in [7, 11) is 0. The summed E-state index contributed by atoms with van der Waals surface area (Å²) in [5.41, 5.74) is 1.93. The van der Waals surface area contributed by atoms with Crippen molar-refractivity contribution in [2.24, 2.45) is 0 Å². The SMILES string of the molecule is O=C(Nc1ccc(Oc2ccnc(NC(c3ccccc3)c3ccccc3)c2Cl)cn1)c1cn(C2CC2)nc(-c2ccc(F)cc2)c1=O. The average molecular weight is 659 g/mol. The van der Waals surface area contributed by atoms with E-state index in [2.05, 4.69) is 25.7 Å². The number of ether oxygens (including phenoxy) is 1. The van der Waals surface area contributed by atoms with Crippen LogP contribution in [0.1, 0.15) is 46.4 Å². The predicted octanol–water partition coefficient (Wildman–Crippen LogP) is 8.07. The van der Waals surface area contributed by atoms with Gasteiger partial charge in [-0.05, 0) is 60.4 Å². The second-order valence-electron chi connectivity index (χ2n) is 11.2. The predicted molar refractivity (Wildman–Crippen MR) is 182 cm³/mol. The summed E-state index contributed by atoms with van der Waals surface area (Å²) in [5, 5.41) is 10.9. The summed E-state index contributed by atoms with van der Waals surface area (Å²) >= 11 is 6.78. The summed E-state index contributed by atoms with van der Waals surface area (Å²) in [6.07, 6.45) is 6.28. The van der Waals surface area contributed by atoms with Gasteiger partial charge in [0.25, 0.3) is 5.91 Å². The summed E-state index contributed by atoms with van der Waals surface area (Å²) in [6, 6.07) is 30.2. The smallest absolute Gasteiger partial charge is 0.262 e. The van der Waals surface area contributed by atoms with Gasteiger partial charge in [0.1, 0.15) is 39.5 Å². The molecule has 1 fully saturated rings. The molecule has 3 aromatic heterocycles. The van der Waals surface area contributed by atoms with Crippen LogP contribution in [-0.2, 0) is 0 Å². The first-order valence-electron chi connectivity index (χ1n) is 15.3. The van der Waals surface area contributed by atoms with Gasteiger partial charge >= 0.3 is 0 Å². The Morgan fingerprint density at radius 1 is 0.896 bits per heavy atom. The van der Waals surface area contributed by atoms with Crippen molar-refractivity contribution < 1.29 is 13.9 Å². The number of hydrogen-bond acceptors (Lipinski definition) is 7. The molecule has 6 aromatic rings. The Bertz CT molecular complexity index is 2090. The molecule has 7 rings (SSSR count). The van der Waals surface area contributed by atoms with Crippen molar-refractivity contribution in [2.45, 2.75) is 24.9 Å². The van der Waals surface area contributed by atoms with Crippen LogP contribution in [0.25, 0.3) is 11.3 Å². The third-order valence-electron chi connectivity index (χ3n) is 7.83. The molecule has 2 N–H and O–H groups in total. The van der Waals surface area contributed by atoms with Crippen LogP contribution < -0.4 is 20.8 Å². The van der Waals surface area contributed by atoms with E-state index in [0.717, 1.165) is 24.0 Å². The molecule has 3 heterocycles. The van der Waals surface area contributed by atoms with Gasteiger partial charge < -0.3 is 15.4 Å². The fourth-order valence-electron chi connectivity index (χ4n) is 5.21. The number of aromatic nitrogens is 4. The lowest BCUT2D eigenvalue weighted by Gasteiger charge is -2.21. The first-order valence-corrected chi connectivity index (χ1v) is 15.7. The Hall–Kier alpha value is -5.87. The number of amides is 1. The van der Waals surface area contributed by atoms with Crippen molar-refractivity contribution in [3.63, 3.8) is 0 Å². The van der Waals surface area contributed by atoms with Gasteiger partial charge in [-0.15, -0.1) is 0 Å². The van der Waals surface area contributed by atoms with E-state index in [1.54, 1.807) is 29.1 Å². The van der Waals surface area contributed by atoms with Gasteiger partial charge in [0, 0.05) is 24.0 Å². The maximum Gasteiger partial charge on any atom is 0.262 e. The molecule has 1 aliphatic carbocycles. The first-order chi connectivity index (χ1) is 23.4. The molecule has 0 bridgehead atoms. The van der Waals surface area contributed by atoms with E-state index < -0.39 is 17.2 Å². The number of benzene rings is 3. The summed E-state index contributed by atoms with van der Waals surface area (Å²) in [5.74, 6) is 0.309. The molecule has 3 aromatic carbocycles. The van der Waals surface area contributed by atoms with Crippen LogP contribution in [0.4, 0.5) is 16.0 Å². The van der Waals surface area contributed by atoms with Gasteiger partial charge in [0.05, 0.1) is 18.3 Å². The molecular weight excluding hydrogens is 631 g/mol. The van der Waals surface area contributed by atoms with Gasteiger partial charge in [0.15, 0.2) is 5.75 Å². The average Bonchev–Trinajstić information content (AvgIpc) is 3.97. The zero-order chi connectivity index (χ0) is 33.0. The number of carbonyl (C=O) groups excluding carboxylic acids is 1. The number of nitrogens with one attached hydrogen (secondary N) is 2. The van der Waals surface area contributed by atoms with Gasteiger partial charge in [-0.1, -0.05) is 72.3 Å². The first kappa shape index (κ1) is 30.8. The molecule has 9 nitrogen and oxygen atoms in total. The van der Waals surface area contributed by atoms with Crippen LogP contribution in [0, 0.1) is 5.82 Å². The molecular formula is C37H28ClFN6O3. The second-order valence-corrected chi connectivity index (χ2v) is 11.6. The summed E-state index contributed by atoms with van der Waals surface area (Å²) in [4.78, 5) is 35.4. The van der Waals surface area contributed by atoms with Crippen LogP contribution in [0.2, 0.25) is 5.02 Å². The number of rotatable bonds is 10. The van der Waals surface area contributed by atoms with Crippen LogP contribution >= 0.6 is 11.6 Å². The molecule has 1 saturated carbocycles. The lowest BCUT2D eigenvalue weighted by atomic mass is 9.99. The second kappa shape index (κ2) is 13.5. The quantitative estimate of drug-likeness (QED) is 0.153. The third kappa shape index (κ3) is 6.79. The molecule has 48 heavy (non-hydrogen) atoms. The molecule has 0 spiro atoms. The van der Waals surface area contributed by atoms with Crippen molar-refractivity contribution in [3.05, 3.63) is 159 Å². The highest BCUT2D eigenvalue weighted by Gasteiger charge is 2.27. The summed E-state index contributed by atoms with van der Waals surface area (Å²) < 4.78 is 21.2. The Labute approximate surface area is 280 Å². The Morgan fingerprint density at radius 2 is 1.58 bits per heavy atom. The monoisotopic (exact) mass is 658 g/mol. The van der Waals surface area contributed by atoms with E-state index >= 15 is 0 Å². The fraction of sp³-hybridized carbons (Fsp3) is 0.108. The van der Waals surface area contributed by atoms with Gasteiger partial charge in [0.2, 0.25) is 5.43 Å². The van der Waals surface area contributed by atoms with Crippen LogP contribution in [0.5, 0.6) is 11.5 Å². The summed E-state index contributed by atoms with van der Waals surface area (Å²) in [6.45, 7) is 0. The highest BCUT2D eigenvalue weighted by atomic mass is 35.5. The minimum absolute atomic E-state index is 0.0770. The molecule has 11 heteroatoms. The molecule has 1 amide bonds. The normalized spacial score (nSPS) is 12.5. The highest BCUT2D eigenvalue weighted by molar-refractivity contribution is 6.34. The third-order valence-corrected chi connectivity index (χ3v) is 8.19. The van der Waals surface area contributed by atoms with Crippen molar-refractivity contribution >= 4 is 29.1 Å². The maximum atomic E-state index is 13.5. The van der Waals surface area contributed by atoms with E-state index in [0.29, 0.717) is 22.9 Å². The van der Waals surface area contributed by atoms with Crippen LogP contribution in [0.15, 0.2) is 127 Å². The van der Waals surface area contributed by atoms with E-state index in [9.17, 15) is 14.0 Å². The lowest BCUT2D eigenvalue weighted by Crippen LogP contribution is -2.26.